The number of nitrogens with zero attached hydrogens (tertiary/aromatic N) is 1. The zero-order valence-corrected chi connectivity index (χ0v) is 10.5. The molecule has 0 aliphatic carbocycles. The molecule has 0 N–H and O–H groups in total. The molecule has 0 bridgehead atoms. The minimum absolute atomic E-state index is 0. The van der Waals surface area contributed by atoms with E-state index in [1.165, 1.54) is 10.8 Å². The van der Waals surface area contributed by atoms with Crippen LogP contribution in [0, 0.1) is 0 Å². The van der Waals surface area contributed by atoms with Gasteiger partial charge in [0.1, 0.15) is 0 Å². The fourth-order valence-corrected chi connectivity index (χ4v) is 1.61. The Balaban J connectivity index is 0.000000720. The average molecular weight is 230 g/mol. The molecule has 0 atom stereocenters. The normalized spacial score (nSPS) is 9.33. The van der Waals surface area contributed by atoms with Crippen molar-refractivity contribution in [1.29, 1.82) is 0 Å². The molecule has 0 saturated heterocycles. The minimum atomic E-state index is 0. The van der Waals surface area contributed by atoms with Gasteiger partial charge in [-0.15, -0.1) is 0 Å². The molecule has 1 aromatic carbocycles. The van der Waals surface area contributed by atoms with E-state index in [9.17, 15) is 0 Å². The number of fused-ring (bicyclic) bond motifs is 1. The zero-order chi connectivity index (χ0) is 7.68. The van der Waals surface area contributed by atoms with Crippen molar-refractivity contribution in [1.82, 2.24) is 4.98 Å². The van der Waals surface area contributed by atoms with Crippen molar-refractivity contribution >= 4 is 31.4 Å². The fraction of sp³-hybridized carbons (Fsp3) is 0. The van der Waals surface area contributed by atoms with E-state index in [1.807, 2.05) is 24.4 Å². The van der Waals surface area contributed by atoms with E-state index in [4.69, 9.17) is 0 Å². The summed E-state index contributed by atoms with van der Waals surface area (Å²) >= 11 is 2.93. The number of rotatable bonds is 0. The van der Waals surface area contributed by atoms with Gasteiger partial charge in [0.25, 0.3) is 0 Å². The van der Waals surface area contributed by atoms with Crippen molar-refractivity contribution in [3.8, 4) is 0 Å². The second-order valence-electron chi connectivity index (χ2n) is 2.34. The van der Waals surface area contributed by atoms with Crippen LogP contribution >= 0.6 is 0 Å². The van der Waals surface area contributed by atoms with Crippen LogP contribution in [-0.2, 0) is 0 Å². The first-order chi connectivity index (χ1) is 5.38. The van der Waals surface area contributed by atoms with Gasteiger partial charge in [0.15, 0.2) is 0 Å². The molecule has 0 fully saturated rings. The van der Waals surface area contributed by atoms with Crippen molar-refractivity contribution in [2.75, 3.05) is 0 Å². The molecule has 0 aliphatic heterocycles. The number of benzene rings is 1. The van der Waals surface area contributed by atoms with E-state index in [0.29, 0.717) is 0 Å². The third kappa shape index (κ3) is 1.90. The third-order valence-electron chi connectivity index (χ3n) is 1.64. The van der Waals surface area contributed by atoms with Crippen LogP contribution in [0.2, 0.25) is 0 Å². The van der Waals surface area contributed by atoms with Crippen LogP contribution < -0.4 is 34.1 Å². The number of hydrogen-bond acceptors (Lipinski definition) is 1. The fourth-order valence-electron chi connectivity index (χ4n) is 1.09. The molecule has 12 heavy (non-hydrogen) atoms. The van der Waals surface area contributed by atoms with Crippen LogP contribution in [0.1, 0.15) is 0 Å². The Morgan fingerprint density at radius 2 is 1.83 bits per heavy atom. The van der Waals surface area contributed by atoms with Crippen molar-refractivity contribution < 1.29 is 29.6 Å². The second kappa shape index (κ2) is 4.40. The second-order valence-corrected chi connectivity index (χ2v) is 3.15. The van der Waals surface area contributed by atoms with E-state index in [1.54, 1.807) is 0 Å². The van der Waals surface area contributed by atoms with Gasteiger partial charge in [-0.3, -0.25) is 0 Å². The predicted molar refractivity (Wildman–Crippen MR) is 47.1 cm³/mol. The van der Waals surface area contributed by atoms with Gasteiger partial charge in [-0.1, -0.05) is 0 Å². The molecule has 0 saturated carbocycles. The summed E-state index contributed by atoms with van der Waals surface area (Å²) in [4.78, 5) is 4.15. The molecule has 1 aromatic heterocycles. The molecule has 2 aromatic rings. The standard InChI is InChI=1S/C9H7NSe.Na/c11-9-8-4-2-1-3-7(8)5-6-10-9;/h1-6H,(H,10,11);/q;+1/p-1. The zero-order valence-electron chi connectivity index (χ0n) is 6.82. The van der Waals surface area contributed by atoms with Crippen molar-refractivity contribution in [3.63, 3.8) is 0 Å². The van der Waals surface area contributed by atoms with E-state index in [2.05, 4.69) is 33.1 Å². The molecule has 2 rings (SSSR count). The molecular formula is C9H6NNaSe. The Hall–Kier alpha value is 0.149. The summed E-state index contributed by atoms with van der Waals surface area (Å²) in [7, 11) is 0. The Kier molecular flexibility index (Phi) is 3.75. The molecular weight excluding hydrogens is 224 g/mol. The molecule has 1 nitrogen and oxygen atoms in total. The molecule has 54 valence electrons. The molecule has 0 amide bonds. The Bertz CT molecular complexity index is 384. The van der Waals surface area contributed by atoms with Gasteiger partial charge in [0, 0.05) is 0 Å². The molecule has 0 unspecified atom stereocenters. The predicted octanol–water partition coefficient (Wildman–Crippen LogP) is -1.97. The first kappa shape index (κ1) is 10.2. The van der Waals surface area contributed by atoms with Gasteiger partial charge in [-0.05, 0) is 0 Å². The summed E-state index contributed by atoms with van der Waals surface area (Å²) in [5.74, 6) is 0. The Labute approximate surface area is 102 Å². The first-order valence-electron chi connectivity index (χ1n) is 3.39. The van der Waals surface area contributed by atoms with Crippen LogP contribution in [-0.4, -0.2) is 21.0 Å². The van der Waals surface area contributed by atoms with Crippen molar-refractivity contribution in [3.05, 3.63) is 36.5 Å². The van der Waals surface area contributed by atoms with Crippen molar-refractivity contribution in [2.45, 2.75) is 0 Å². The summed E-state index contributed by atoms with van der Waals surface area (Å²) in [6, 6.07) is 10.2. The summed E-state index contributed by atoms with van der Waals surface area (Å²) in [5, 5.41) is 2.42. The Morgan fingerprint density at radius 1 is 1.08 bits per heavy atom. The third-order valence-corrected chi connectivity index (χ3v) is 2.32. The number of hydrogen-bond donors (Lipinski definition) is 0. The van der Waals surface area contributed by atoms with E-state index in [0.717, 1.165) is 4.59 Å². The summed E-state index contributed by atoms with van der Waals surface area (Å²) in [6.45, 7) is 0. The van der Waals surface area contributed by atoms with Gasteiger partial charge in [0.05, 0.1) is 0 Å². The average Bonchev–Trinajstić information content (AvgIpc) is 2.06. The number of aromatic nitrogens is 1. The van der Waals surface area contributed by atoms with Gasteiger partial charge < -0.3 is 0 Å². The van der Waals surface area contributed by atoms with Gasteiger partial charge >= 0.3 is 102 Å². The van der Waals surface area contributed by atoms with Crippen LogP contribution in [0.5, 0.6) is 0 Å². The monoisotopic (exact) mass is 231 g/mol. The van der Waals surface area contributed by atoms with E-state index in [-0.39, 0.29) is 29.6 Å². The van der Waals surface area contributed by atoms with Crippen LogP contribution in [0.3, 0.4) is 0 Å². The van der Waals surface area contributed by atoms with Gasteiger partial charge in [-0.25, -0.2) is 0 Å². The van der Waals surface area contributed by atoms with Crippen LogP contribution in [0.25, 0.3) is 10.8 Å². The maximum atomic E-state index is 4.15. The topological polar surface area (TPSA) is 12.9 Å². The van der Waals surface area contributed by atoms with Crippen LogP contribution in [0.15, 0.2) is 36.5 Å². The quantitative estimate of drug-likeness (QED) is 0.478. The SMILES string of the molecule is [Na+].[Se-]c1nccc2ccccc12. The molecule has 1 heterocycles. The summed E-state index contributed by atoms with van der Waals surface area (Å²) in [6.07, 6.45) is 1.81. The molecule has 0 aliphatic rings. The molecule has 0 spiro atoms. The molecule has 0 radical (unpaired) electrons. The molecule has 3 heteroatoms. The van der Waals surface area contributed by atoms with E-state index < -0.39 is 0 Å². The summed E-state index contributed by atoms with van der Waals surface area (Å²) < 4.78 is 0.975. The number of pyridine rings is 1. The Morgan fingerprint density at radius 3 is 2.58 bits per heavy atom. The first-order valence-corrected chi connectivity index (χ1v) is 4.24. The maximum absolute atomic E-state index is 4.15. The van der Waals surface area contributed by atoms with Gasteiger partial charge in [-0.2, -0.15) is 0 Å². The van der Waals surface area contributed by atoms with Gasteiger partial charge in [0.2, 0.25) is 0 Å². The van der Waals surface area contributed by atoms with Crippen LogP contribution in [0.4, 0.5) is 0 Å². The van der Waals surface area contributed by atoms with E-state index >= 15 is 0 Å². The van der Waals surface area contributed by atoms with Crippen molar-refractivity contribution in [2.24, 2.45) is 0 Å². The summed E-state index contributed by atoms with van der Waals surface area (Å²) in [5.41, 5.74) is 0.